The largest absolute Gasteiger partial charge is 0.496 e. The van der Waals surface area contributed by atoms with Crippen molar-refractivity contribution in [1.29, 1.82) is 0 Å². The van der Waals surface area contributed by atoms with Gasteiger partial charge in [0.15, 0.2) is 0 Å². The van der Waals surface area contributed by atoms with Gasteiger partial charge < -0.3 is 20.3 Å². The number of ether oxygens (including phenoxy) is 1. The summed E-state index contributed by atoms with van der Waals surface area (Å²) in [6.07, 6.45) is 3.50. The number of nitrogens with one attached hydrogen (secondary N) is 2. The molecule has 3 amide bonds. The van der Waals surface area contributed by atoms with Crippen molar-refractivity contribution in [2.75, 3.05) is 26.7 Å². The summed E-state index contributed by atoms with van der Waals surface area (Å²) in [5, 5.41) is 5.62. The van der Waals surface area contributed by atoms with Gasteiger partial charge in [0.05, 0.1) is 13.5 Å². The monoisotopic (exact) mass is 331 g/mol. The van der Waals surface area contributed by atoms with Gasteiger partial charge >= 0.3 is 6.03 Å². The van der Waals surface area contributed by atoms with Crippen LogP contribution in [0.15, 0.2) is 36.9 Å². The van der Waals surface area contributed by atoms with Crippen LogP contribution in [0.25, 0.3) is 0 Å². The summed E-state index contributed by atoms with van der Waals surface area (Å²) < 4.78 is 5.29. The van der Waals surface area contributed by atoms with Crippen LogP contribution in [0, 0.1) is 0 Å². The number of hydrogen-bond acceptors (Lipinski definition) is 3. The highest BCUT2D eigenvalue weighted by Gasteiger charge is 2.24. The minimum Gasteiger partial charge on any atom is -0.496 e. The molecule has 6 nitrogen and oxygen atoms in total. The predicted molar refractivity (Wildman–Crippen MR) is 93.0 cm³/mol. The van der Waals surface area contributed by atoms with E-state index in [0.29, 0.717) is 26.1 Å². The number of methoxy groups -OCH3 is 1. The summed E-state index contributed by atoms with van der Waals surface area (Å²) in [5.74, 6) is 0.829. The SMILES string of the molecule is C=CCNC(=O)NC1CCN(C(=O)Cc2ccccc2OC)CC1. The molecule has 0 atom stereocenters. The quantitative estimate of drug-likeness (QED) is 0.780. The normalized spacial score (nSPS) is 14.8. The summed E-state index contributed by atoms with van der Waals surface area (Å²) in [6.45, 7) is 5.31. The average molecular weight is 331 g/mol. The van der Waals surface area contributed by atoms with Crippen molar-refractivity contribution >= 4 is 11.9 Å². The molecule has 24 heavy (non-hydrogen) atoms. The smallest absolute Gasteiger partial charge is 0.315 e. The Labute approximate surface area is 142 Å². The van der Waals surface area contributed by atoms with Crippen molar-refractivity contribution in [2.24, 2.45) is 0 Å². The first-order valence-electron chi connectivity index (χ1n) is 8.19. The van der Waals surface area contributed by atoms with Gasteiger partial charge in [0, 0.05) is 31.2 Å². The van der Waals surface area contributed by atoms with E-state index in [0.717, 1.165) is 24.2 Å². The summed E-state index contributed by atoms with van der Waals surface area (Å²) >= 11 is 0. The maximum Gasteiger partial charge on any atom is 0.315 e. The number of urea groups is 1. The molecule has 1 fully saturated rings. The highest BCUT2D eigenvalue weighted by molar-refractivity contribution is 5.79. The van der Waals surface area contributed by atoms with Crippen LogP contribution in [0.3, 0.4) is 0 Å². The van der Waals surface area contributed by atoms with Gasteiger partial charge in [-0.1, -0.05) is 24.3 Å². The Morgan fingerprint density at radius 3 is 2.71 bits per heavy atom. The summed E-state index contributed by atoms with van der Waals surface area (Å²) in [6, 6.07) is 7.49. The van der Waals surface area contributed by atoms with E-state index < -0.39 is 0 Å². The summed E-state index contributed by atoms with van der Waals surface area (Å²) in [4.78, 5) is 26.0. The fourth-order valence-electron chi connectivity index (χ4n) is 2.80. The maximum atomic E-state index is 12.5. The van der Waals surface area contributed by atoms with E-state index in [1.807, 2.05) is 29.2 Å². The maximum absolute atomic E-state index is 12.5. The van der Waals surface area contributed by atoms with Gasteiger partial charge in [-0.3, -0.25) is 4.79 Å². The van der Waals surface area contributed by atoms with Crippen LogP contribution in [-0.4, -0.2) is 49.6 Å². The van der Waals surface area contributed by atoms with Crippen LogP contribution in [0.2, 0.25) is 0 Å². The van der Waals surface area contributed by atoms with Crippen molar-refractivity contribution in [1.82, 2.24) is 15.5 Å². The van der Waals surface area contributed by atoms with E-state index in [1.54, 1.807) is 13.2 Å². The number of benzene rings is 1. The van der Waals surface area contributed by atoms with Crippen LogP contribution in [-0.2, 0) is 11.2 Å². The number of piperidine rings is 1. The zero-order valence-corrected chi connectivity index (χ0v) is 14.1. The molecule has 0 spiro atoms. The first kappa shape index (κ1) is 17.8. The predicted octanol–water partition coefficient (Wildman–Crippen LogP) is 1.71. The molecule has 0 unspecified atom stereocenters. The van der Waals surface area contributed by atoms with E-state index >= 15 is 0 Å². The fraction of sp³-hybridized carbons (Fsp3) is 0.444. The zero-order valence-electron chi connectivity index (χ0n) is 14.1. The second-order valence-electron chi connectivity index (χ2n) is 5.79. The van der Waals surface area contributed by atoms with Gasteiger partial charge in [-0.05, 0) is 18.9 Å². The van der Waals surface area contributed by atoms with E-state index in [2.05, 4.69) is 17.2 Å². The van der Waals surface area contributed by atoms with Crippen molar-refractivity contribution in [3.63, 3.8) is 0 Å². The molecule has 1 aromatic rings. The zero-order chi connectivity index (χ0) is 17.4. The Morgan fingerprint density at radius 1 is 1.33 bits per heavy atom. The summed E-state index contributed by atoms with van der Waals surface area (Å²) in [5.41, 5.74) is 0.897. The molecule has 2 N–H and O–H groups in total. The topological polar surface area (TPSA) is 70.7 Å². The van der Waals surface area contributed by atoms with Crippen molar-refractivity contribution < 1.29 is 14.3 Å². The fourth-order valence-corrected chi connectivity index (χ4v) is 2.80. The van der Waals surface area contributed by atoms with Crippen molar-refractivity contribution in [2.45, 2.75) is 25.3 Å². The highest BCUT2D eigenvalue weighted by Crippen LogP contribution is 2.19. The lowest BCUT2D eigenvalue weighted by Gasteiger charge is -2.32. The van der Waals surface area contributed by atoms with Crippen LogP contribution >= 0.6 is 0 Å². The molecule has 0 radical (unpaired) electrons. The lowest BCUT2D eigenvalue weighted by molar-refractivity contribution is -0.131. The van der Waals surface area contributed by atoms with Crippen LogP contribution < -0.4 is 15.4 Å². The van der Waals surface area contributed by atoms with Gasteiger partial charge in [0.1, 0.15) is 5.75 Å². The number of nitrogens with zero attached hydrogens (tertiary/aromatic N) is 1. The lowest BCUT2D eigenvalue weighted by Crippen LogP contribution is -2.49. The molecular formula is C18H25N3O3. The molecule has 1 saturated heterocycles. The Morgan fingerprint density at radius 2 is 2.04 bits per heavy atom. The molecule has 0 aromatic heterocycles. The summed E-state index contributed by atoms with van der Waals surface area (Å²) in [7, 11) is 1.61. The van der Waals surface area contributed by atoms with Gasteiger partial charge in [0.2, 0.25) is 5.91 Å². The second kappa shape index (κ2) is 8.96. The number of para-hydroxylation sites is 1. The van der Waals surface area contributed by atoms with Gasteiger partial charge in [-0.25, -0.2) is 4.79 Å². The third-order valence-corrected chi connectivity index (χ3v) is 4.12. The minimum atomic E-state index is -0.186. The molecule has 130 valence electrons. The molecule has 1 heterocycles. The molecule has 1 aliphatic rings. The molecular weight excluding hydrogens is 306 g/mol. The van der Waals surface area contributed by atoms with E-state index in [1.165, 1.54) is 0 Å². The Balaban J connectivity index is 1.80. The molecule has 2 rings (SSSR count). The first-order chi connectivity index (χ1) is 11.6. The Kier molecular flexibility index (Phi) is 6.66. The lowest BCUT2D eigenvalue weighted by atomic mass is 10.0. The number of amides is 3. The minimum absolute atomic E-state index is 0.0917. The average Bonchev–Trinajstić information content (AvgIpc) is 2.61. The number of likely N-dealkylation sites (tertiary alicyclic amines) is 1. The number of carbonyl (C=O) groups excluding carboxylic acids is 2. The number of rotatable bonds is 6. The van der Waals surface area contributed by atoms with Crippen molar-refractivity contribution in [3.05, 3.63) is 42.5 Å². The van der Waals surface area contributed by atoms with Crippen LogP contribution in [0.1, 0.15) is 18.4 Å². The van der Waals surface area contributed by atoms with Crippen LogP contribution in [0.4, 0.5) is 4.79 Å². The van der Waals surface area contributed by atoms with Gasteiger partial charge in [-0.2, -0.15) is 0 Å². The van der Waals surface area contributed by atoms with E-state index in [-0.39, 0.29) is 18.0 Å². The number of hydrogen-bond donors (Lipinski definition) is 2. The third-order valence-electron chi connectivity index (χ3n) is 4.12. The Bertz CT molecular complexity index is 581. The number of carbonyl (C=O) groups is 2. The van der Waals surface area contributed by atoms with Gasteiger partial charge in [-0.15, -0.1) is 6.58 Å². The van der Waals surface area contributed by atoms with Gasteiger partial charge in [0.25, 0.3) is 0 Å². The third kappa shape index (κ3) is 5.01. The Hall–Kier alpha value is -2.50. The molecule has 6 heteroatoms. The molecule has 0 aliphatic carbocycles. The molecule has 0 bridgehead atoms. The standard InChI is InChI=1S/C18H25N3O3/c1-3-10-19-18(23)20-15-8-11-21(12-9-15)17(22)13-14-6-4-5-7-16(14)24-2/h3-7,15H,1,8-13H2,2H3,(H2,19,20,23). The second-order valence-corrected chi connectivity index (χ2v) is 5.79. The van der Waals surface area contributed by atoms with Crippen molar-refractivity contribution in [3.8, 4) is 5.75 Å². The van der Waals surface area contributed by atoms with E-state index in [9.17, 15) is 9.59 Å². The first-order valence-corrected chi connectivity index (χ1v) is 8.19. The molecule has 1 aliphatic heterocycles. The van der Waals surface area contributed by atoms with E-state index in [4.69, 9.17) is 4.74 Å². The van der Waals surface area contributed by atoms with Crippen LogP contribution in [0.5, 0.6) is 5.75 Å². The molecule has 1 aromatic carbocycles. The molecule has 0 saturated carbocycles. The highest BCUT2D eigenvalue weighted by atomic mass is 16.5.